The first-order valence-electron chi connectivity index (χ1n) is 7.55. The Morgan fingerprint density at radius 1 is 1.43 bits per heavy atom. The molecule has 0 saturated carbocycles. The van der Waals surface area contributed by atoms with Crippen molar-refractivity contribution >= 4 is 29.2 Å². The van der Waals surface area contributed by atoms with Crippen LogP contribution in [0.15, 0.2) is 30.4 Å². The van der Waals surface area contributed by atoms with Crippen molar-refractivity contribution in [1.82, 2.24) is 0 Å². The predicted molar refractivity (Wildman–Crippen MR) is 88.8 cm³/mol. The Bertz CT molecular complexity index is 627. The number of benzene rings is 1. The van der Waals surface area contributed by atoms with E-state index in [1.165, 1.54) is 6.08 Å². The number of anilines is 1. The van der Waals surface area contributed by atoms with E-state index in [-0.39, 0.29) is 24.5 Å². The number of hydrogen-bond donors (Lipinski definition) is 0. The molecule has 23 heavy (non-hydrogen) atoms. The van der Waals surface area contributed by atoms with Crippen molar-refractivity contribution in [2.24, 2.45) is 5.92 Å². The minimum Gasteiger partial charge on any atom is -0.486 e. The Morgan fingerprint density at radius 2 is 2.17 bits per heavy atom. The largest absolute Gasteiger partial charge is 0.486 e. The van der Waals surface area contributed by atoms with Gasteiger partial charge < -0.3 is 14.4 Å². The van der Waals surface area contributed by atoms with Gasteiger partial charge in [-0.1, -0.05) is 25.4 Å². The molecule has 1 amide bonds. The van der Waals surface area contributed by atoms with Crippen molar-refractivity contribution < 1.29 is 19.1 Å². The molecule has 6 heteroatoms. The molecule has 0 fully saturated rings. The van der Waals surface area contributed by atoms with Crippen LogP contribution in [0.4, 0.5) is 5.69 Å². The number of amides is 1. The van der Waals surface area contributed by atoms with Crippen LogP contribution in [-0.2, 0) is 14.3 Å². The van der Waals surface area contributed by atoms with Crippen LogP contribution < -0.4 is 9.64 Å². The molecule has 1 aromatic carbocycles. The molecule has 5 nitrogen and oxygen atoms in total. The number of halogens is 1. The minimum atomic E-state index is -0.541. The van der Waals surface area contributed by atoms with Gasteiger partial charge in [0.25, 0.3) is 5.91 Å². The second kappa shape index (κ2) is 7.51. The van der Waals surface area contributed by atoms with E-state index in [1.807, 2.05) is 13.8 Å². The summed E-state index contributed by atoms with van der Waals surface area (Å²) < 4.78 is 10.7. The van der Waals surface area contributed by atoms with Crippen LogP contribution in [0.5, 0.6) is 5.75 Å². The molecule has 2 rings (SSSR count). The van der Waals surface area contributed by atoms with E-state index in [0.29, 0.717) is 23.0 Å². The molecule has 0 spiro atoms. The summed E-state index contributed by atoms with van der Waals surface area (Å²) in [5.74, 6) is -0.00300. The number of carbonyl (C=O) groups is 2. The van der Waals surface area contributed by atoms with Crippen LogP contribution in [0.3, 0.4) is 0 Å². The molecule has 1 aromatic rings. The lowest BCUT2D eigenvalue weighted by molar-refractivity contribution is -0.137. The first kappa shape index (κ1) is 17.3. The van der Waals surface area contributed by atoms with E-state index >= 15 is 0 Å². The van der Waals surface area contributed by atoms with Crippen LogP contribution in [0, 0.1) is 5.92 Å². The van der Waals surface area contributed by atoms with Crippen LogP contribution in [0.25, 0.3) is 0 Å². The Morgan fingerprint density at radius 3 is 2.83 bits per heavy atom. The number of esters is 1. The third kappa shape index (κ3) is 4.26. The summed E-state index contributed by atoms with van der Waals surface area (Å²) in [6.45, 7) is 6.44. The number of fused-ring (bicyclic) bond motifs is 1. The van der Waals surface area contributed by atoms with E-state index in [2.05, 4.69) is 0 Å². The fourth-order valence-corrected chi connectivity index (χ4v) is 2.42. The van der Waals surface area contributed by atoms with Gasteiger partial charge in [-0.05, 0) is 31.0 Å². The van der Waals surface area contributed by atoms with Crippen molar-refractivity contribution in [3.05, 3.63) is 35.4 Å². The topological polar surface area (TPSA) is 55.8 Å². The van der Waals surface area contributed by atoms with E-state index < -0.39 is 5.97 Å². The average Bonchev–Trinajstić information content (AvgIpc) is 2.51. The maximum Gasteiger partial charge on any atom is 0.330 e. The molecule has 1 atom stereocenters. The highest BCUT2D eigenvalue weighted by Crippen LogP contribution is 2.37. The first-order chi connectivity index (χ1) is 10.9. The fraction of sp³-hybridized carbons (Fsp3) is 0.412. The van der Waals surface area contributed by atoms with Gasteiger partial charge in [-0.2, -0.15) is 0 Å². The number of carbonyl (C=O) groups excluding carboxylic acids is 2. The number of ether oxygens (including phenoxy) is 2. The Hall–Kier alpha value is -2.01. The highest BCUT2D eigenvalue weighted by atomic mass is 35.5. The maximum absolute atomic E-state index is 12.5. The number of nitrogens with zero attached hydrogens (tertiary/aromatic N) is 1. The molecule has 0 aromatic heterocycles. The van der Waals surface area contributed by atoms with Gasteiger partial charge in [-0.25, -0.2) is 4.79 Å². The molecule has 0 bridgehead atoms. The summed E-state index contributed by atoms with van der Waals surface area (Å²) in [4.78, 5) is 25.4. The van der Waals surface area contributed by atoms with Crippen LogP contribution in [-0.4, -0.2) is 31.1 Å². The van der Waals surface area contributed by atoms with Crippen molar-refractivity contribution in [2.45, 2.75) is 26.9 Å². The van der Waals surface area contributed by atoms with Crippen LogP contribution in [0.1, 0.15) is 20.8 Å². The minimum absolute atomic E-state index is 0.122. The summed E-state index contributed by atoms with van der Waals surface area (Å²) in [5, 5.41) is 0.516. The third-order valence-corrected chi connectivity index (χ3v) is 3.75. The van der Waals surface area contributed by atoms with Crippen LogP contribution in [0.2, 0.25) is 5.02 Å². The van der Waals surface area contributed by atoms with Gasteiger partial charge in [-0.15, -0.1) is 0 Å². The summed E-state index contributed by atoms with van der Waals surface area (Å²) >= 11 is 6.03. The van der Waals surface area contributed by atoms with Crippen molar-refractivity contribution in [2.75, 3.05) is 18.1 Å². The van der Waals surface area contributed by atoms with E-state index in [4.69, 9.17) is 21.1 Å². The Balaban J connectivity index is 2.27. The van der Waals surface area contributed by atoms with E-state index in [9.17, 15) is 9.59 Å². The second-order valence-electron chi connectivity index (χ2n) is 5.55. The third-order valence-electron chi connectivity index (χ3n) is 3.51. The molecule has 124 valence electrons. The summed E-state index contributed by atoms with van der Waals surface area (Å²) in [5.41, 5.74) is 0.605. The molecule has 1 aliphatic rings. The van der Waals surface area contributed by atoms with Gasteiger partial charge in [0.05, 0.1) is 18.8 Å². The molecule has 0 saturated heterocycles. The van der Waals surface area contributed by atoms with Gasteiger partial charge in [0.1, 0.15) is 11.9 Å². The van der Waals surface area contributed by atoms with Crippen molar-refractivity contribution in [1.29, 1.82) is 0 Å². The van der Waals surface area contributed by atoms with E-state index in [0.717, 1.165) is 6.08 Å². The highest BCUT2D eigenvalue weighted by molar-refractivity contribution is 6.31. The lowest BCUT2D eigenvalue weighted by atomic mass is 10.0. The van der Waals surface area contributed by atoms with Gasteiger partial charge in [-0.3, -0.25) is 4.79 Å². The van der Waals surface area contributed by atoms with Gasteiger partial charge in [0, 0.05) is 17.2 Å². The zero-order chi connectivity index (χ0) is 17.0. The quantitative estimate of drug-likeness (QED) is 0.625. The highest BCUT2D eigenvalue weighted by Gasteiger charge is 2.30. The van der Waals surface area contributed by atoms with Gasteiger partial charge >= 0.3 is 5.97 Å². The normalized spacial score (nSPS) is 17.1. The average molecular weight is 338 g/mol. The zero-order valence-electron chi connectivity index (χ0n) is 13.4. The Kier molecular flexibility index (Phi) is 5.66. The van der Waals surface area contributed by atoms with Gasteiger partial charge in [0.15, 0.2) is 0 Å². The maximum atomic E-state index is 12.5. The monoisotopic (exact) mass is 337 g/mol. The zero-order valence-corrected chi connectivity index (χ0v) is 14.2. The summed E-state index contributed by atoms with van der Waals surface area (Å²) in [6.07, 6.45) is 2.23. The summed E-state index contributed by atoms with van der Waals surface area (Å²) in [6, 6.07) is 5.16. The SMILES string of the molecule is CCOC(=O)C=CC(=O)N1CC(C(C)C)Oc2ccc(Cl)cc21. The van der Waals surface area contributed by atoms with Crippen molar-refractivity contribution in [3.63, 3.8) is 0 Å². The lowest BCUT2D eigenvalue weighted by Crippen LogP contribution is -2.45. The fourth-order valence-electron chi connectivity index (χ4n) is 2.26. The molecule has 0 aliphatic carbocycles. The number of rotatable bonds is 4. The van der Waals surface area contributed by atoms with E-state index in [1.54, 1.807) is 30.0 Å². The number of hydrogen-bond acceptors (Lipinski definition) is 4. The molecule has 1 heterocycles. The lowest BCUT2D eigenvalue weighted by Gasteiger charge is -2.36. The smallest absolute Gasteiger partial charge is 0.330 e. The molecule has 1 aliphatic heterocycles. The van der Waals surface area contributed by atoms with Crippen LogP contribution >= 0.6 is 11.6 Å². The first-order valence-corrected chi connectivity index (χ1v) is 7.92. The summed E-state index contributed by atoms with van der Waals surface area (Å²) in [7, 11) is 0. The predicted octanol–water partition coefficient (Wildman–Crippen LogP) is 3.21. The second-order valence-corrected chi connectivity index (χ2v) is 5.98. The Labute approximate surface area is 140 Å². The molecular formula is C17H20ClNO4. The molecule has 0 N–H and O–H groups in total. The molecule has 1 unspecified atom stereocenters. The molecular weight excluding hydrogens is 318 g/mol. The molecule has 0 radical (unpaired) electrons. The standard InChI is InChI=1S/C17H20ClNO4/c1-4-22-17(21)8-7-16(20)19-10-15(11(2)3)23-14-6-5-12(18)9-13(14)19/h5-9,11,15H,4,10H2,1-3H3. The van der Waals surface area contributed by atoms with Gasteiger partial charge in [0.2, 0.25) is 0 Å². The van der Waals surface area contributed by atoms with Crippen molar-refractivity contribution in [3.8, 4) is 5.75 Å².